The zero-order valence-electron chi connectivity index (χ0n) is 15.8. The van der Waals surface area contributed by atoms with Crippen molar-refractivity contribution in [1.82, 2.24) is 20.0 Å². The van der Waals surface area contributed by atoms with Crippen molar-refractivity contribution >= 4 is 34.8 Å². The topological polar surface area (TPSA) is 85.3 Å². The lowest BCUT2D eigenvalue weighted by Crippen LogP contribution is -2.64. The molecular weight excluding hydrogens is 366 g/mol. The zero-order valence-corrected chi connectivity index (χ0v) is 16.6. The molecule has 0 aromatic heterocycles. The summed E-state index contributed by atoms with van der Waals surface area (Å²) >= 11 is 1.26. The van der Waals surface area contributed by atoms with Crippen molar-refractivity contribution < 1.29 is 14.4 Å². The Balaban J connectivity index is 1.78. The summed E-state index contributed by atoms with van der Waals surface area (Å²) in [5.74, 6) is -0.189. The van der Waals surface area contributed by atoms with Gasteiger partial charge >= 0.3 is 6.03 Å². The second-order valence-electron chi connectivity index (χ2n) is 6.65. The Morgan fingerprint density at radius 1 is 1.19 bits per heavy atom. The van der Waals surface area contributed by atoms with Crippen LogP contribution in [0.25, 0.3) is 0 Å². The third-order valence-electron chi connectivity index (χ3n) is 4.77. The van der Waals surface area contributed by atoms with Gasteiger partial charge in [-0.2, -0.15) is 0 Å². The van der Waals surface area contributed by atoms with Crippen molar-refractivity contribution in [2.75, 3.05) is 26.9 Å². The zero-order chi connectivity index (χ0) is 19.7. The van der Waals surface area contributed by atoms with E-state index in [1.165, 1.54) is 21.6 Å². The second kappa shape index (κ2) is 7.59. The van der Waals surface area contributed by atoms with Gasteiger partial charge in [0, 0.05) is 21.1 Å². The van der Waals surface area contributed by atoms with Gasteiger partial charge in [-0.3, -0.25) is 14.5 Å². The molecule has 2 heterocycles. The van der Waals surface area contributed by atoms with Crippen molar-refractivity contribution in [3.05, 3.63) is 35.4 Å². The number of hydrogen-bond acceptors (Lipinski definition) is 6. The van der Waals surface area contributed by atoms with Crippen LogP contribution in [0.1, 0.15) is 11.1 Å². The first-order valence-electron chi connectivity index (χ1n) is 8.61. The number of benzene rings is 1. The Morgan fingerprint density at radius 3 is 2.48 bits per heavy atom. The van der Waals surface area contributed by atoms with E-state index in [4.69, 9.17) is 0 Å². The fourth-order valence-electron chi connectivity index (χ4n) is 3.11. The number of thioether (sulfide) groups is 1. The molecule has 3 rings (SSSR count). The van der Waals surface area contributed by atoms with Gasteiger partial charge in [-0.15, -0.1) is 0 Å². The Morgan fingerprint density at radius 2 is 1.85 bits per heavy atom. The highest BCUT2D eigenvalue weighted by molar-refractivity contribution is 8.14. The number of fused-ring (bicyclic) bond motifs is 1. The van der Waals surface area contributed by atoms with Crippen molar-refractivity contribution in [3.63, 3.8) is 0 Å². The van der Waals surface area contributed by atoms with Crippen LogP contribution in [0.5, 0.6) is 0 Å². The van der Waals surface area contributed by atoms with E-state index >= 15 is 0 Å². The predicted octanol–water partition coefficient (Wildman–Crippen LogP) is 0.864. The molecule has 0 radical (unpaired) electrons. The number of amides is 4. The van der Waals surface area contributed by atoms with E-state index in [1.54, 1.807) is 26.0 Å². The van der Waals surface area contributed by atoms with E-state index in [9.17, 15) is 14.4 Å². The first kappa shape index (κ1) is 19.2. The smallest absolute Gasteiger partial charge is 0.328 e. The van der Waals surface area contributed by atoms with Crippen molar-refractivity contribution in [2.24, 2.45) is 4.99 Å². The van der Waals surface area contributed by atoms with Gasteiger partial charge in [0.25, 0.3) is 5.91 Å². The molecule has 4 amide bonds. The number of aryl methyl sites for hydroxylation is 1. The van der Waals surface area contributed by atoms with Crippen LogP contribution in [-0.2, 0) is 16.1 Å². The minimum absolute atomic E-state index is 0.122. The van der Waals surface area contributed by atoms with Crippen LogP contribution in [-0.4, -0.2) is 76.8 Å². The highest BCUT2D eigenvalue weighted by atomic mass is 32.2. The molecule has 27 heavy (non-hydrogen) atoms. The summed E-state index contributed by atoms with van der Waals surface area (Å²) in [5, 5.41) is 3.14. The van der Waals surface area contributed by atoms with Crippen molar-refractivity contribution in [2.45, 2.75) is 25.7 Å². The van der Waals surface area contributed by atoms with Gasteiger partial charge in [-0.05, 0) is 12.5 Å². The Bertz CT molecular complexity index is 795. The van der Waals surface area contributed by atoms with Gasteiger partial charge in [0.1, 0.15) is 0 Å². The number of hydrogen-bond donors (Lipinski definition) is 1. The fourth-order valence-corrected chi connectivity index (χ4v) is 4.01. The van der Waals surface area contributed by atoms with Gasteiger partial charge in [0.15, 0.2) is 17.4 Å². The fraction of sp³-hybridized carbons (Fsp3) is 0.444. The summed E-state index contributed by atoms with van der Waals surface area (Å²) in [4.78, 5) is 46.3. The van der Waals surface area contributed by atoms with Gasteiger partial charge in [0.2, 0.25) is 5.91 Å². The monoisotopic (exact) mass is 389 g/mol. The SMILES string of the molecule is CNC(=O)CSC1=NC2C(C(=O)N(Cc3ccc(C)cc3)C(=O)N2C)N1C. The highest BCUT2D eigenvalue weighted by Crippen LogP contribution is 2.30. The normalized spacial score (nSPS) is 22.1. The number of amidine groups is 1. The number of carbonyl (C=O) groups excluding carboxylic acids is 3. The van der Waals surface area contributed by atoms with Crippen LogP contribution in [0.4, 0.5) is 4.79 Å². The number of aliphatic imine (C=N–C) groups is 1. The number of likely N-dealkylation sites (N-methyl/N-ethyl adjacent to an activating group) is 2. The van der Waals surface area contributed by atoms with Crippen LogP contribution in [0, 0.1) is 6.92 Å². The minimum atomic E-state index is -0.578. The molecule has 1 N–H and O–H groups in total. The lowest BCUT2D eigenvalue weighted by Gasteiger charge is -2.40. The summed E-state index contributed by atoms with van der Waals surface area (Å²) in [6.07, 6.45) is -0.573. The molecule has 2 atom stereocenters. The number of urea groups is 1. The quantitative estimate of drug-likeness (QED) is 0.826. The van der Waals surface area contributed by atoms with Crippen molar-refractivity contribution in [1.29, 1.82) is 0 Å². The van der Waals surface area contributed by atoms with E-state index < -0.39 is 12.2 Å². The number of nitrogens with one attached hydrogen (secondary N) is 1. The van der Waals surface area contributed by atoms with Crippen LogP contribution >= 0.6 is 11.8 Å². The molecule has 1 aromatic rings. The summed E-state index contributed by atoms with van der Waals surface area (Å²) < 4.78 is 0. The maximum atomic E-state index is 13.1. The van der Waals surface area contributed by atoms with Gasteiger partial charge in [-0.25, -0.2) is 9.79 Å². The molecule has 2 aliphatic heterocycles. The number of carbonyl (C=O) groups is 3. The molecule has 9 heteroatoms. The number of rotatable bonds is 4. The largest absolute Gasteiger partial charge is 0.358 e. The summed E-state index contributed by atoms with van der Waals surface area (Å²) in [6, 6.07) is 6.81. The molecule has 144 valence electrons. The van der Waals surface area contributed by atoms with E-state index in [0.717, 1.165) is 11.1 Å². The predicted molar refractivity (Wildman–Crippen MR) is 104 cm³/mol. The van der Waals surface area contributed by atoms with E-state index in [-0.39, 0.29) is 30.1 Å². The van der Waals surface area contributed by atoms with Crippen LogP contribution in [0.2, 0.25) is 0 Å². The molecule has 0 aliphatic carbocycles. The van der Waals surface area contributed by atoms with Gasteiger partial charge in [0.05, 0.1) is 12.3 Å². The molecule has 2 aliphatic rings. The minimum Gasteiger partial charge on any atom is -0.358 e. The molecule has 1 saturated heterocycles. The summed E-state index contributed by atoms with van der Waals surface area (Å²) in [5.41, 5.74) is 2.01. The molecule has 0 saturated carbocycles. The summed E-state index contributed by atoms with van der Waals surface area (Å²) in [7, 11) is 4.99. The molecule has 8 nitrogen and oxygen atoms in total. The molecule has 2 unspecified atom stereocenters. The lowest BCUT2D eigenvalue weighted by molar-refractivity contribution is -0.137. The van der Waals surface area contributed by atoms with Crippen molar-refractivity contribution in [3.8, 4) is 0 Å². The number of nitrogens with zero attached hydrogens (tertiary/aromatic N) is 4. The van der Waals surface area contributed by atoms with Crippen LogP contribution in [0.15, 0.2) is 29.3 Å². The first-order valence-corrected chi connectivity index (χ1v) is 9.59. The van der Waals surface area contributed by atoms with Gasteiger partial charge < -0.3 is 15.1 Å². The van der Waals surface area contributed by atoms with Crippen LogP contribution < -0.4 is 5.32 Å². The van der Waals surface area contributed by atoms with Crippen LogP contribution in [0.3, 0.4) is 0 Å². The Hall–Kier alpha value is -2.55. The standard InChI is InChI=1S/C18H23N5O3S/c1-11-5-7-12(8-6-11)9-23-16(25)14-15(22(4)18(23)26)20-17(21(14)3)27-10-13(24)19-2/h5-8,14-15H,9-10H2,1-4H3,(H,19,24). The van der Waals surface area contributed by atoms with Gasteiger partial charge in [-0.1, -0.05) is 41.6 Å². The molecule has 0 bridgehead atoms. The van der Waals surface area contributed by atoms with E-state index in [0.29, 0.717) is 5.17 Å². The average Bonchev–Trinajstić information content (AvgIpc) is 2.99. The van der Waals surface area contributed by atoms with E-state index in [1.807, 2.05) is 31.2 Å². The molecular formula is C18H23N5O3S. The Kier molecular flexibility index (Phi) is 5.41. The molecule has 0 spiro atoms. The highest BCUT2D eigenvalue weighted by Gasteiger charge is 2.50. The number of imide groups is 1. The first-order chi connectivity index (χ1) is 12.8. The van der Waals surface area contributed by atoms with E-state index in [2.05, 4.69) is 10.3 Å². The third kappa shape index (κ3) is 3.64. The maximum Gasteiger partial charge on any atom is 0.328 e. The Labute approximate surface area is 162 Å². The third-order valence-corrected chi connectivity index (χ3v) is 5.82. The second-order valence-corrected chi connectivity index (χ2v) is 7.59. The molecule has 1 fully saturated rings. The maximum absolute atomic E-state index is 13.1. The molecule has 1 aromatic carbocycles. The lowest BCUT2D eigenvalue weighted by atomic mass is 10.1. The summed E-state index contributed by atoms with van der Waals surface area (Å²) in [6.45, 7) is 2.21. The average molecular weight is 389 g/mol.